The van der Waals surface area contributed by atoms with Crippen molar-refractivity contribution in [1.82, 2.24) is 4.90 Å². The smallest absolute Gasteiger partial charge is 0.239 e. The molecule has 2 amide bonds. The quantitative estimate of drug-likeness (QED) is 0.576. The van der Waals surface area contributed by atoms with Crippen LogP contribution in [-0.4, -0.2) is 41.1 Å². The van der Waals surface area contributed by atoms with Gasteiger partial charge >= 0.3 is 0 Å². The molecule has 2 aromatic rings. The molecule has 3 heterocycles. The Labute approximate surface area is 174 Å². The average Bonchev–Trinajstić information content (AvgIpc) is 3.35. The number of Topliss-reactive ketones (excluding diaryl/α,β-unsaturated/α-hetero) is 1. The lowest BCUT2D eigenvalue weighted by molar-refractivity contribution is -0.123. The maximum absolute atomic E-state index is 13.4. The number of anilines is 1. The highest BCUT2D eigenvalue weighted by atomic mass is 35.5. The molecule has 0 unspecified atom stereocenters. The van der Waals surface area contributed by atoms with Crippen LogP contribution in [0.1, 0.15) is 28.8 Å². The number of ketones is 1. The summed E-state index contributed by atoms with van der Waals surface area (Å²) in [5.41, 5.74) is 2.19. The molecule has 0 aromatic heterocycles. The highest BCUT2D eigenvalue weighted by Crippen LogP contribution is 2.48. The van der Waals surface area contributed by atoms with Gasteiger partial charge in [0.2, 0.25) is 11.8 Å². The number of amides is 2. The summed E-state index contributed by atoms with van der Waals surface area (Å²) in [5, 5.41) is 0.544. The third-order valence-electron chi connectivity index (χ3n) is 6.54. The van der Waals surface area contributed by atoms with E-state index in [9.17, 15) is 14.4 Å². The second kappa shape index (κ2) is 6.78. The van der Waals surface area contributed by atoms with Crippen LogP contribution in [0.3, 0.4) is 0 Å². The monoisotopic (exact) mass is 408 g/mol. The molecule has 0 saturated carbocycles. The Hall–Kier alpha value is -2.50. The van der Waals surface area contributed by atoms with Gasteiger partial charge in [-0.25, -0.2) is 4.90 Å². The van der Waals surface area contributed by atoms with Gasteiger partial charge in [0.05, 0.1) is 23.6 Å². The predicted molar refractivity (Wildman–Crippen MR) is 110 cm³/mol. The summed E-state index contributed by atoms with van der Waals surface area (Å²) in [7, 11) is 0. The highest BCUT2D eigenvalue weighted by Gasteiger charge is 2.64. The second-order valence-electron chi connectivity index (χ2n) is 8.16. The molecule has 5 nitrogen and oxygen atoms in total. The lowest BCUT2D eigenvalue weighted by atomic mass is 9.85. The molecule has 0 radical (unpaired) electrons. The number of hydrogen-bond acceptors (Lipinski definition) is 4. The molecule has 0 aliphatic carbocycles. The Morgan fingerprint density at radius 3 is 2.31 bits per heavy atom. The Morgan fingerprint density at radius 1 is 0.966 bits per heavy atom. The first-order chi connectivity index (χ1) is 14.0. The molecule has 0 spiro atoms. The first-order valence-corrected chi connectivity index (χ1v) is 10.3. The summed E-state index contributed by atoms with van der Waals surface area (Å²) < 4.78 is 0. The van der Waals surface area contributed by atoms with E-state index in [4.69, 9.17) is 11.6 Å². The average molecular weight is 409 g/mol. The van der Waals surface area contributed by atoms with E-state index in [0.717, 1.165) is 24.9 Å². The largest absolute Gasteiger partial charge is 0.292 e. The summed E-state index contributed by atoms with van der Waals surface area (Å²) in [6, 6.07) is 13.5. The SMILES string of the molecule is Cc1ccc(C(=O)[C@@H]2[C@@H]3C(=O)N(c4ccc(Cl)cc4)C(=O)[C@@H]3[C@H]3CCCN32)cc1. The minimum absolute atomic E-state index is 0.0480. The van der Waals surface area contributed by atoms with Crippen molar-refractivity contribution in [3.63, 3.8) is 0 Å². The van der Waals surface area contributed by atoms with Gasteiger partial charge in [0.25, 0.3) is 0 Å². The zero-order chi connectivity index (χ0) is 20.3. The molecule has 3 fully saturated rings. The number of carbonyl (C=O) groups excluding carboxylic acids is 3. The maximum atomic E-state index is 13.4. The lowest BCUT2D eigenvalue weighted by Gasteiger charge is -2.27. The van der Waals surface area contributed by atoms with Crippen LogP contribution in [0.5, 0.6) is 0 Å². The molecule has 6 heteroatoms. The van der Waals surface area contributed by atoms with Gasteiger partial charge in [0.1, 0.15) is 0 Å². The van der Waals surface area contributed by atoms with Gasteiger partial charge < -0.3 is 0 Å². The van der Waals surface area contributed by atoms with Crippen molar-refractivity contribution < 1.29 is 14.4 Å². The fourth-order valence-electron chi connectivity index (χ4n) is 5.25. The molecule has 0 N–H and O–H groups in total. The van der Waals surface area contributed by atoms with Gasteiger partial charge in [0, 0.05) is 16.6 Å². The molecule has 3 saturated heterocycles. The van der Waals surface area contributed by atoms with Crippen LogP contribution >= 0.6 is 11.6 Å². The maximum Gasteiger partial charge on any atom is 0.239 e. The first kappa shape index (κ1) is 18.5. The van der Waals surface area contributed by atoms with Crippen molar-refractivity contribution in [2.75, 3.05) is 11.4 Å². The van der Waals surface area contributed by atoms with E-state index < -0.39 is 17.9 Å². The van der Waals surface area contributed by atoms with Gasteiger partial charge in [-0.3, -0.25) is 19.3 Å². The minimum atomic E-state index is -0.628. The number of benzene rings is 2. The summed E-state index contributed by atoms with van der Waals surface area (Å²) in [5.74, 6) is -1.62. The number of hydrogen-bond donors (Lipinski definition) is 0. The Morgan fingerprint density at radius 2 is 1.62 bits per heavy atom. The van der Waals surface area contributed by atoms with E-state index in [0.29, 0.717) is 16.3 Å². The van der Waals surface area contributed by atoms with E-state index in [1.165, 1.54) is 4.90 Å². The third-order valence-corrected chi connectivity index (χ3v) is 6.79. The van der Waals surface area contributed by atoms with Gasteiger partial charge in [-0.1, -0.05) is 41.4 Å². The second-order valence-corrected chi connectivity index (χ2v) is 8.60. The molecule has 29 heavy (non-hydrogen) atoms. The Bertz CT molecular complexity index is 1000. The van der Waals surface area contributed by atoms with E-state index in [1.807, 2.05) is 31.2 Å². The zero-order valence-electron chi connectivity index (χ0n) is 16.0. The predicted octanol–water partition coefficient (Wildman–Crippen LogP) is 3.48. The van der Waals surface area contributed by atoms with E-state index in [-0.39, 0.29) is 23.6 Å². The van der Waals surface area contributed by atoms with Gasteiger partial charge in [-0.15, -0.1) is 0 Å². The van der Waals surface area contributed by atoms with Crippen LogP contribution in [0, 0.1) is 18.8 Å². The van der Waals surface area contributed by atoms with E-state index in [2.05, 4.69) is 4.90 Å². The van der Waals surface area contributed by atoms with E-state index in [1.54, 1.807) is 24.3 Å². The van der Waals surface area contributed by atoms with Crippen molar-refractivity contribution in [3.05, 3.63) is 64.7 Å². The van der Waals surface area contributed by atoms with Crippen molar-refractivity contribution in [3.8, 4) is 0 Å². The fraction of sp³-hybridized carbons (Fsp3) is 0.348. The molecule has 0 bridgehead atoms. The normalized spacial score (nSPS) is 28.7. The fourth-order valence-corrected chi connectivity index (χ4v) is 5.37. The van der Waals surface area contributed by atoms with Crippen molar-refractivity contribution >= 4 is 34.9 Å². The lowest BCUT2D eigenvalue weighted by Crippen LogP contribution is -2.46. The Balaban J connectivity index is 1.54. The molecule has 4 atom stereocenters. The summed E-state index contributed by atoms with van der Waals surface area (Å²) in [6.07, 6.45) is 1.78. The van der Waals surface area contributed by atoms with Crippen LogP contribution in [-0.2, 0) is 9.59 Å². The van der Waals surface area contributed by atoms with Crippen molar-refractivity contribution in [2.24, 2.45) is 11.8 Å². The molecular formula is C23H21ClN2O3. The van der Waals surface area contributed by atoms with Crippen molar-refractivity contribution in [1.29, 1.82) is 0 Å². The number of imide groups is 1. The van der Waals surface area contributed by atoms with Crippen LogP contribution in [0.4, 0.5) is 5.69 Å². The topological polar surface area (TPSA) is 57.7 Å². The van der Waals surface area contributed by atoms with Gasteiger partial charge in [-0.2, -0.15) is 0 Å². The van der Waals surface area contributed by atoms with Crippen LogP contribution in [0.15, 0.2) is 48.5 Å². The number of fused-ring (bicyclic) bond motifs is 3. The standard InChI is InChI=1S/C23H21ClN2O3/c1-13-4-6-14(7-5-13)21(27)20-19-18(17-3-2-12-25(17)20)22(28)26(23(19)29)16-10-8-15(24)9-11-16/h4-11,17-20H,2-3,12H2,1H3/t17-,18-,19-,20+/m1/s1. The summed E-state index contributed by atoms with van der Waals surface area (Å²) in [6.45, 7) is 2.72. The van der Waals surface area contributed by atoms with Crippen molar-refractivity contribution in [2.45, 2.75) is 31.8 Å². The third kappa shape index (κ3) is 2.75. The number of nitrogens with zero attached hydrogens (tertiary/aromatic N) is 2. The molecule has 3 aliphatic rings. The summed E-state index contributed by atoms with van der Waals surface area (Å²) in [4.78, 5) is 43.5. The minimum Gasteiger partial charge on any atom is -0.292 e. The summed E-state index contributed by atoms with van der Waals surface area (Å²) >= 11 is 5.96. The molecule has 3 aliphatic heterocycles. The van der Waals surface area contributed by atoms with Crippen LogP contribution in [0.25, 0.3) is 0 Å². The number of rotatable bonds is 3. The number of aryl methyl sites for hydroxylation is 1. The number of carbonyl (C=O) groups is 3. The Kier molecular flexibility index (Phi) is 4.33. The highest BCUT2D eigenvalue weighted by molar-refractivity contribution is 6.31. The zero-order valence-corrected chi connectivity index (χ0v) is 16.8. The van der Waals surface area contributed by atoms with Gasteiger partial charge in [-0.05, 0) is 50.6 Å². The van der Waals surface area contributed by atoms with Crippen LogP contribution < -0.4 is 4.90 Å². The molecule has 2 aromatic carbocycles. The first-order valence-electron chi connectivity index (χ1n) is 9.97. The molecule has 5 rings (SSSR count). The van der Waals surface area contributed by atoms with Gasteiger partial charge in [0.15, 0.2) is 5.78 Å². The van der Waals surface area contributed by atoms with E-state index >= 15 is 0 Å². The number of halogens is 1. The van der Waals surface area contributed by atoms with Crippen LogP contribution in [0.2, 0.25) is 5.02 Å². The molecule has 148 valence electrons. The molecular weight excluding hydrogens is 388 g/mol.